The molecule has 0 bridgehead atoms. The Balaban J connectivity index is 3.33. The van der Waals surface area contributed by atoms with Gasteiger partial charge in [0.1, 0.15) is 17.2 Å². The van der Waals surface area contributed by atoms with Gasteiger partial charge in [0.15, 0.2) is 14.5 Å². The summed E-state index contributed by atoms with van der Waals surface area (Å²) in [4.78, 5) is 26.4. The van der Waals surface area contributed by atoms with Gasteiger partial charge in [0.25, 0.3) is 0 Å². The summed E-state index contributed by atoms with van der Waals surface area (Å²) in [5.74, 6) is 0. The lowest BCUT2D eigenvalue weighted by Gasteiger charge is -2.41. The van der Waals surface area contributed by atoms with Crippen molar-refractivity contribution in [3.8, 4) is 0 Å². The zero-order valence-corrected chi connectivity index (χ0v) is 21.9. The predicted molar refractivity (Wildman–Crippen MR) is 120 cm³/mol. The number of hydrogen-bond donors (Lipinski definition) is 3. The lowest BCUT2D eigenvalue weighted by molar-refractivity contribution is -0.0376. The second kappa shape index (κ2) is 9.25. The Bertz CT molecular complexity index is 650. The van der Waals surface area contributed by atoms with E-state index in [4.69, 9.17) is 13.9 Å². The lowest BCUT2D eigenvalue weighted by atomic mass is 10.1. The number of rotatable bonds is 4. The van der Waals surface area contributed by atoms with E-state index in [-0.39, 0.29) is 5.04 Å². The van der Waals surface area contributed by atoms with Crippen LogP contribution in [0.3, 0.4) is 0 Å². The van der Waals surface area contributed by atoms with Crippen molar-refractivity contribution in [2.45, 2.75) is 116 Å². The Hall–Kier alpha value is -1.36. The molecular weight excluding hydrogens is 420 g/mol. The molecule has 1 fully saturated rings. The summed E-state index contributed by atoms with van der Waals surface area (Å²) in [6.07, 6.45) is -3.85. The van der Waals surface area contributed by atoms with Gasteiger partial charge in [0, 0.05) is 0 Å². The number of hydrogen-bond acceptors (Lipinski definition) is 7. The highest BCUT2D eigenvalue weighted by Crippen LogP contribution is 2.40. The average molecular weight is 463 g/mol. The van der Waals surface area contributed by atoms with Crippen molar-refractivity contribution in [3.05, 3.63) is 0 Å². The maximum Gasteiger partial charge on any atom is 0.412 e. The number of aliphatic hydroxyl groups excluding tert-OH is 2. The van der Waals surface area contributed by atoms with Gasteiger partial charge in [0.05, 0.1) is 18.8 Å². The minimum Gasteiger partial charge on any atom is -0.444 e. The van der Waals surface area contributed by atoms with Crippen molar-refractivity contribution < 1.29 is 33.7 Å². The number of carbonyl (C=O) groups excluding carboxylic acids is 2. The molecule has 0 unspecified atom stereocenters. The Morgan fingerprint density at radius 3 is 1.84 bits per heavy atom. The van der Waals surface area contributed by atoms with Crippen LogP contribution in [0.25, 0.3) is 0 Å². The van der Waals surface area contributed by atoms with E-state index in [1.54, 1.807) is 41.5 Å². The number of aliphatic hydroxyl groups is 2. The van der Waals surface area contributed by atoms with E-state index in [1.807, 2.05) is 13.1 Å². The van der Waals surface area contributed by atoms with Gasteiger partial charge in [-0.15, -0.1) is 0 Å². The van der Waals surface area contributed by atoms with Gasteiger partial charge < -0.3 is 29.4 Å². The Morgan fingerprint density at radius 1 is 0.968 bits per heavy atom. The number of amides is 2. The van der Waals surface area contributed by atoms with Crippen LogP contribution in [0.5, 0.6) is 0 Å². The highest BCUT2D eigenvalue weighted by atomic mass is 28.4. The van der Waals surface area contributed by atoms with E-state index in [9.17, 15) is 19.8 Å². The molecule has 4 atom stereocenters. The smallest absolute Gasteiger partial charge is 0.412 e. The average Bonchev–Trinajstić information content (AvgIpc) is 2.74. The third-order valence-electron chi connectivity index (χ3n) is 5.41. The fourth-order valence-corrected chi connectivity index (χ4v) is 4.29. The van der Waals surface area contributed by atoms with Gasteiger partial charge in [-0.05, 0) is 59.7 Å². The maximum atomic E-state index is 12.9. The SMILES string of the molecule is CC(C)(C)OC(=O)N[C@H]1[C@@H](O[Si](C)(C)C(C)(C)C)[C@H](CO)N(C(=O)OC(C)(C)C)[C@@H]1O. The summed E-state index contributed by atoms with van der Waals surface area (Å²) in [5.41, 5.74) is -1.55. The van der Waals surface area contributed by atoms with E-state index in [1.165, 1.54) is 0 Å². The van der Waals surface area contributed by atoms with E-state index >= 15 is 0 Å². The normalized spacial score (nSPS) is 25.4. The van der Waals surface area contributed by atoms with Crippen LogP contribution in [0.1, 0.15) is 62.3 Å². The van der Waals surface area contributed by atoms with Gasteiger partial charge in [-0.1, -0.05) is 20.8 Å². The summed E-state index contributed by atoms with van der Waals surface area (Å²) in [6.45, 7) is 20.1. The molecule has 0 aromatic heterocycles. The monoisotopic (exact) mass is 462 g/mol. The molecule has 3 N–H and O–H groups in total. The highest BCUT2D eigenvalue weighted by molar-refractivity contribution is 6.74. The molecule has 2 amide bonds. The van der Waals surface area contributed by atoms with E-state index < -0.39 is 62.7 Å². The van der Waals surface area contributed by atoms with Crippen LogP contribution in [0.15, 0.2) is 0 Å². The molecule has 1 aliphatic rings. The van der Waals surface area contributed by atoms with Crippen LogP contribution in [0.4, 0.5) is 9.59 Å². The van der Waals surface area contributed by atoms with Crippen LogP contribution in [0.2, 0.25) is 18.1 Å². The zero-order valence-electron chi connectivity index (χ0n) is 20.9. The molecule has 9 nitrogen and oxygen atoms in total. The van der Waals surface area contributed by atoms with Crippen LogP contribution < -0.4 is 5.32 Å². The summed E-state index contributed by atoms with van der Waals surface area (Å²) >= 11 is 0. The number of nitrogens with zero attached hydrogens (tertiary/aromatic N) is 1. The Kier molecular flexibility index (Phi) is 8.25. The molecule has 1 aliphatic heterocycles. The van der Waals surface area contributed by atoms with Crippen molar-refractivity contribution >= 4 is 20.5 Å². The molecule has 182 valence electrons. The first-order valence-electron chi connectivity index (χ1n) is 10.7. The van der Waals surface area contributed by atoms with Gasteiger partial charge >= 0.3 is 12.2 Å². The van der Waals surface area contributed by atoms with Crippen LogP contribution in [0, 0.1) is 0 Å². The summed E-state index contributed by atoms with van der Waals surface area (Å²) in [6, 6.07) is -1.91. The largest absolute Gasteiger partial charge is 0.444 e. The second-order valence-corrected chi connectivity index (χ2v) is 16.3. The van der Waals surface area contributed by atoms with Crippen LogP contribution in [-0.2, 0) is 13.9 Å². The fourth-order valence-electron chi connectivity index (χ4n) is 2.96. The molecule has 10 heteroatoms. The summed E-state index contributed by atoms with van der Waals surface area (Å²) in [5, 5.41) is 23.6. The minimum atomic E-state index is -2.40. The molecule has 0 radical (unpaired) electrons. The zero-order chi connectivity index (χ0) is 24.6. The summed E-state index contributed by atoms with van der Waals surface area (Å²) < 4.78 is 17.3. The van der Waals surface area contributed by atoms with Crippen molar-refractivity contribution in [2.75, 3.05) is 6.61 Å². The van der Waals surface area contributed by atoms with Gasteiger partial charge in [-0.25, -0.2) is 9.59 Å². The molecule has 0 saturated carbocycles. The fraction of sp³-hybridized carbons (Fsp3) is 0.905. The van der Waals surface area contributed by atoms with Gasteiger partial charge in [0.2, 0.25) is 0 Å². The quantitative estimate of drug-likeness (QED) is 0.549. The standard InChI is InChI=1S/C21H42N2O7Si/c1-19(2,3)28-17(26)22-14-15(30-31(10,11)21(7,8)9)13(12-24)23(16(14)25)18(27)29-20(4,5)6/h13-16,24-25H,12H2,1-11H3,(H,22,26)/t13-,14-,15-,16+/m0/s1. The Morgan fingerprint density at radius 2 is 1.45 bits per heavy atom. The lowest BCUT2D eigenvalue weighted by Crippen LogP contribution is -2.55. The molecule has 0 spiro atoms. The first kappa shape index (κ1) is 27.7. The van der Waals surface area contributed by atoms with E-state index in [2.05, 4.69) is 26.1 Å². The van der Waals surface area contributed by atoms with Crippen molar-refractivity contribution in [2.24, 2.45) is 0 Å². The molecular formula is C21H42N2O7Si. The number of carbonyl (C=O) groups is 2. The molecule has 0 aromatic carbocycles. The molecule has 1 rings (SSSR count). The van der Waals surface area contributed by atoms with Gasteiger partial charge in [-0.3, -0.25) is 4.90 Å². The predicted octanol–water partition coefficient (Wildman–Crippen LogP) is 3.20. The molecule has 1 saturated heterocycles. The first-order valence-corrected chi connectivity index (χ1v) is 13.6. The number of nitrogens with one attached hydrogen (secondary N) is 1. The molecule has 31 heavy (non-hydrogen) atoms. The Labute approximate surface area is 187 Å². The number of likely N-dealkylation sites (tertiary alicyclic amines) is 1. The summed E-state index contributed by atoms with van der Waals surface area (Å²) in [7, 11) is -2.40. The maximum absolute atomic E-state index is 12.9. The van der Waals surface area contributed by atoms with E-state index in [0.29, 0.717) is 0 Å². The van der Waals surface area contributed by atoms with Crippen molar-refractivity contribution in [1.82, 2.24) is 10.2 Å². The van der Waals surface area contributed by atoms with E-state index in [0.717, 1.165) is 4.90 Å². The van der Waals surface area contributed by atoms with Gasteiger partial charge in [-0.2, -0.15) is 0 Å². The molecule has 0 aliphatic carbocycles. The number of alkyl carbamates (subject to hydrolysis) is 1. The third kappa shape index (κ3) is 7.33. The molecule has 0 aromatic rings. The number of ether oxygens (including phenoxy) is 2. The van der Waals surface area contributed by atoms with Crippen LogP contribution in [-0.4, -0.2) is 77.8 Å². The topological polar surface area (TPSA) is 118 Å². The van der Waals surface area contributed by atoms with Crippen molar-refractivity contribution in [1.29, 1.82) is 0 Å². The minimum absolute atomic E-state index is 0.173. The first-order chi connectivity index (χ1) is 13.7. The molecule has 1 heterocycles. The van der Waals surface area contributed by atoms with Crippen LogP contribution >= 0.6 is 0 Å². The van der Waals surface area contributed by atoms with Crippen molar-refractivity contribution in [3.63, 3.8) is 0 Å². The third-order valence-corrected chi connectivity index (χ3v) is 9.88. The second-order valence-electron chi connectivity index (χ2n) is 11.6. The highest BCUT2D eigenvalue weighted by Gasteiger charge is 2.55.